The van der Waals surface area contributed by atoms with Crippen LogP contribution >= 0.6 is 0 Å². The Morgan fingerprint density at radius 2 is 2.10 bits per heavy atom. The smallest absolute Gasteiger partial charge is 0.262 e. The second-order valence-electron chi connectivity index (χ2n) is 4.08. The fourth-order valence-corrected chi connectivity index (χ4v) is 1.85. The predicted molar refractivity (Wildman–Crippen MR) is 70.8 cm³/mol. The number of aromatic nitrogens is 2. The highest BCUT2D eigenvalue weighted by Crippen LogP contribution is 2.32. The summed E-state index contributed by atoms with van der Waals surface area (Å²) in [5.74, 6) is 0.697. The molecule has 20 heavy (non-hydrogen) atoms. The highest BCUT2D eigenvalue weighted by molar-refractivity contribution is 5.96. The van der Waals surface area contributed by atoms with Crippen molar-refractivity contribution >= 4 is 17.5 Å². The molecule has 2 heterocycles. The van der Waals surface area contributed by atoms with Gasteiger partial charge in [-0.25, -0.2) is 9.97 Å². The van der Waals surface area contributed by atoms with Gasteiger partial charge in [0.05, 0.1) is 5.69 Å². The highest BCUT2D eigenvalue weighted by atomic mass is 16.5. The van der Waals surface area contributed by atoms with Crippen LogP contribution in [0.4, 0.5) is 11.6 Å². The minimum atomic E-state index is -0.181. The normalized spacial score (nSPS) is 12.7. The van der Waals surface area contributed by atoms with Gasteiger partial charge in [-0.05, 0) is 17.7 Å². The number of rotatable bonds is 2. The number of anilines is 2. The third-order valence-corrected chi connectivity index (χ3v) is 2.77. The van der Waals surface area contributed by atoms with Gasteiger partial charge >= 0.3 is 0 Å². The number of amides is 1. The fourth-order valence-electron chi connectivity index (χ4n) is 1.85. The topological polar surface area (TPSA) is 99.9 Å². The first-order chi connectivity index (χ1) is 9.76. The number of nitrogens with zero attached hydrogens (tertiary/aromatic N) is 3. The quantitative estimate of drug-likeness (QED) is 0.629. The lowest BCUT2D eigenvalue weighted by atomic mass is 10.1. The van der Waals surface area contributed by atoms with Gasteiger partial charge in [-0.1, -0.05) is 6.07 Å². The lowest BCUT2D eigenvalue weighted by Crippen LogP contribution is -2.25. The van der Waals surface area contributed by atoms with Crippen LogP contribution in [0, 0.1) is 11.5 Å². The van der Waals surface area contributed by atoms with E-state index < -0.39 is 0 Å². The van der Waals surface area contributed by atoms with Crippen LogP contribution in [0.3, 0.4) is 0 Å². The molecule has 0 saturated carbocycles. The van der Waals surface area contributed by atoms with Crippen LogP contribution < -0.4 is 15.4 Å². The molecule has 0 aliphatic carbocycles. The van der Waals surface area contributed by atoms with Gasteiger partial charge in [0, 0.05) is 18.0 Å². The van der Waals surface area contributed by atoms with Crippen LogP contribution in [-0.4, -0.2) is 22.5 Å². The number of ether oxygens (including phenoxy) is 1. The Kier molecular flexibility index (Phi) is 2.89. The van der Waals surface area contributed by atoms with E-state index in [9.17, 15) is 4.79 Å². The third-order valence-electron chi connectivity index (χ3n) is 2.77. The molecular weight excluding hydrogens is 258 g/mol. The summed E-state index contributed by atoms with van der Waals surface area (Å²) in [5, 5.41) is 13.6. The Bertz CT molecular complexity index is 706. The summed E-state index contributed by atoms with van der Waals surface area (Å²) >= 11 is 0. The van der Waals surface area contributed by atoms with E-state index >= 15 is 0 Å². The summed E-state index contributed by atoms with van der Waals surface area (Å²) < 4.78 is 5.29. The van der Waals surface area contributed by atoms with Crippen molar-refractivity contribution in [3.63, 3.8) is 0 Å². The minimum Gasteiger partial charge on any atom is -0.482 e. The van der Waals surface area contributed by atoms with E-state index in [2.05, 4.69) is 20.6 Å². The van der Waals surface area contributed by atoms with E-state index in [1.807, 2.05) is 6.07 Å². The Morgan fingerprint density at radius 1 is 1.30 bits per heavy atom. The van der Waals surface area contributed by atoms with E-state index in [-0.39, 0.29) is 18.5 Å². The summed E-state index contributed by atoms with van der Waals surface area (Å²) in [4.78, 5) is 19.3. The molecule has 7 nitrogen and oxygen atoms in total. The predicted octanol–water partition coefficient (Wildman–Crippen LogP) is 1.37. The minimum absolute atomic E-state index is 0.0317. The molecule has 1 aliphatic heterocycles. The van der Waals surface area contributed by atoms with Gasteiger partial charge in [0.2, 0.25) is 5.95 Å². The fraction of sp³-hybridized carbons (Fsp3) is 0.0769. The largest absolute Gasteiger partial charge is 0.482 e. The molecule has 0 saturated heterocycles. The summed E-state index contributed by atoms with van der Waals surface area (Å²) in [6, 6.07) is 5.43. The lowest BCUT2D eigenvalue weighted by molar-refractivity contribution is -0.118. The number of hydrogen-bond acceptors (Lipinski definition) is 6. The van der Waals surface area contributed by atoms with Crippen molar-refractivity contribution < 1.29 is 9.53 Å². The SMILES string of the molecule is N#CNc1ncc(-c2ccc3c(c2)NC(=O)CO3)cn1. The van der Waals surface area contributed by atoms with Gasteiger partial charge in [-0.2, -0.15) is 5.26 Å². The number of carbonyl (C=O) groups excluding carboxylic acids is 1. The second-order valence-corrected chi connectivity index (χ2v) is 4.08. The first-order valence-corrected chi connectivity index (χ1v) is 5.80. The second kappa shape index (κ2) is 4.85. The van der Waals surface area contributed by atoms with Crippen molar-refractivity contribution in [3.8, 4) is 23.1 Å². The van der Waals surface area contributed by atoms with Crippen molar-refractivity contribution in [2.45, 2.75) is 0 Å². The summed E-state index contributed by atoms with van der Waals surface area (Å²) in [7, 11) is 0. The molecule has 2 N–H and O–H groups in total. The number of nitrogens with one attached hydrogen (secondary N) is 2. The van der Waals surface area contributed by atoms with Crippen LogP contribution in [0.2, 0.25) is 0 Å². The molecule has 0 bridgehead atoms. The summed E-state index contributed by atoms with van der Waals surface area (Å²) in [6.07, 6.45) is 4.94. The molecule has 1 aliphatic rings. The van der Waals surface area contributed by atoms with Crippen LogP contribution in [0.1, 0.15) is 0 Å². The van der Waals surface area contributed by atoms with E-state index in [1.165, 1.54) is 0 Å². The molecule has 1 aromatic carbocycles. The number of nitriles is 1. The molecule has 2 aromatic rings. The van der Waals surface area contributed by atoms with E-state index in [4.69, 9.17) is 10.00 Å². The van der Waals surface area contributed by atoms with Crippen molar-refractivity contribution in [2.75, 3.05) is 17.2 Å². The number of hydrogen-bond donors (Lipinski definition) is 2. The van der Waals surface area contributed by atoms with Gasteiger partial charge in [0.25, 0.3) is 5.91 Å². The van der Waals surface area contributed by atoms with Crippen LogP contribution in [0.15, 0.2) is 30.6 Å². The zero-order valence-corrected chi connectivity index (χ0v) is 10.3. The maximum Gasteiger partial charge on any atom is 0.262 e. The summed E-state index contributed by atoms with van der Waals surface area (Å²) in [5.41, 5.74) is 2.24. The first kappa shape index (κ1) is 11.9. The number of carbonyl (C=O) groups is 1. The Hall–Kier alpha value is -3.14. The maximum absolute atomic E-state index is 11.3. The van der Waals surface area contributed by atoms with Gasteiger partial charge in [-0.3, -0.25) is 10.1 Å². The molecule has 98 valence electrons. The average Bonchev–Trinajstić information content (AvgIpc) is 2.47. The van der Waals surface area contributed by atoms with Gasteiger partial charge in [0.1, 0.15) is 5.75 Å². The number of benzene rings is 1. The Balaban J connectivity index is 1.92. The van der Waals surface area contributed by atoms with Crippen molar-refractivity contribution in [3.05, 3.63) is 30.6 Å². The van der Waals surface area contributed by atoms with Crippen molar-refractivity contribution in [1.82, 2.24) is 9.97 Å². The summed E-state index contributed by atoms with van der Waals surface area (Å²) in [6.45, 7) is 0.0317. The van der Waals surface area contributed by atoms with E-state index in [0.717, 1.165) is 11.1 Å². The maximum atomic E-state index is 11.3. The Labute approximate surface area is 114 Å². The third kappa shape index (κ3) is 2.22. The van der Waals surface area contributed by atoms with Gasteiger partial charge < -0.3 is 10.1 Å². The van der Waals surface area contributed by atoms with Crippen molar-refractivity contribution in [1.29, 1.82) is 5.26 Å². The first-order valence-electron chi connectivity index (χ1n) is 5.80. The Morgan fingerprint density at radius 3 is 2.85 bits per heavy atom. The lowest BCUT2D eigenvalue weighted by Gasteiger charge is -2.18. The molecule has 0 spiro atoms. The molecule has 3 rings (SSSR count). The molecule has 0 fully saturated rings. The zero-order chi connectivity index (χ0) is 13.9. The van der Waals surface area contributed by atoms with Gasteiger partial charge in [0.15, 0.2) is 12.8 Å². The van der Waals surface area contributed by atoms with E-state index in [0.29, 0.717) is 11.4 Å². The standard InChI is InChI=1S/C13H9N5O2/c14-7-17-13-15-4-9(5-16-13)8-1-2-11-10(3-8)18-12(19)6-20-11/h1-5H,6H2,(H,18,19)(H,15,16,17). The number of fused-ring (bicyclic) bond motifs is 1. The van der Waals surface area contributed by atoms with Crippen LogP contribution in [0.5, 0.6) is 5.75 Å². The molecule has 0 atom stereocenters. The molecule has 0 unspecified atom stereocenters. The monoisotopic (exact) mass is 267 g/mol. The highest BCUT2D eigenvalue weighted by Gasteiger charge is 2.16. The van der Waals surface area contributed by atoms with Crippen molar-refractivity contribution in [2.24, 2.45) is 0 Å². The molecule has 7 heteroatoms. The molecule has 0 radical (unpaired) electrons. The van der Waals surface area contributed by atoms with Crippen LogP contribution in [-0.2, 0) is 4.79 Å². The zero-order valence-electron chi connectivity index (χ0n) is 10.3. The molecular formula is C13H9N5O2. The van der Waals surface area contributed by atoms with Crippen LogP contribution in [0.25, 0.3) is 11.1 Å². The van der Waals surface area contributed by atoms with Gasteiger partial charge in [-0.15, -0.1) is 0 Å². The molecule has 1 aromatic heterocycles. The van der Waals surface area contributed by atoms with E-state index in [1.54, 1.807) is 30.7 Å². The average molecular weight is 267 g/mol. The molecule has 1 amide bonds.